The molecule has 0 radical (unpaired) electrons. The molecule has 0 atom stereocenters. The van der Waals surface area contributed by atoms with Gasteiger partial charge in [-0.25, -0.2) is 8.42 Å². The van der Waals surface area contributed by atoms with Crippen LogP contribution in [0.1, 0.15) is 0 Å². The second-order valence-corrected chi connectivity index (χ2v) is 5.84. The Labute approximate surface area is 111 Å². The number of aromatic nitrogens is 2. The fraction of sp³-hybridized carbons (Fsp3) is 0. The number of nitrogen functional groups attached to an aromatic ring is 1. The molecule has 0 unspecified atom stereocenters. The first kappa shape index (κ1) is 13.2. The van der Waals surface area contributed by atoms with Gasteiger partial charge in [0.25, 0.3) is 15.7 Å². The van der Waals surface area contributed by atoms with E-state index < -0.39 is 20.6 Å². The van der Waals surface area contributed by atoms with Crippen LogP contribution in [0.4, 0.5) is 16.5 Å². The van der Waals surface area contributed by atoms with E-state index in [-0.39, 0.29) is 15.7 Å². The Kier molecular flexibility index (Phi) is 3.31. The summed E-state index contributed by atoms with van der Waals surface area (Å²) in [5.74, 6) is 0. The molecule has 1 aromatic heterocycles. The smallest absolute Gasteiger partial charge is 0.293 e. The number of hydrogen-bond acceptors (Lipinski definition) is 8. The number of sulfonamides is 1. The minimum absolute atomic E-state index is 0.0690. The highest BCUT2D eigenvalue weighted by atomic mass is 32.2. The normalized spacial score (nSPS) is 11.2. The van der Waals surface area contributed by atoms with E-state index in [1.54, 1.807) is 0 Å². The molecule has 0 saturated heterocycles. The SMILES string of the molecule is Nc1ccc(S(=O)(=O)Nc2nncs2)cc1[N+](=O)[O-]. The Hall–Kier alpha value is -2.27. The lowest BCUT2D eigenvalue weighted by molar-refractivity contribution is -0.384. The zero-order chi connectivity index (χ0) is 14.0. The van der Waals surface area contributed by atoms with E-state index in [0.29, 0.717) is 0 Å². The number of benzene rings is 1. The minimum atomic E-state index is -3.96. The molecule has 0 fully saturated rings. The molecule has 1 heterocycles. The van der Waals surface area contributed by atoms with Gasteiger partial charge in [-0.15, -0.1) is 10.2 Å². The quantitative estimate of drug-likeness (QED) is 0.484. The lowest BCUT2D eigenvalue weighted by Crippen LogP contribution is -2.13. The minimum Gasteiger partial charge on any atom is -0.393 e. The van der Waals surface area contributed by atoms with Crippen molar-refractivity contribution in [2.24, 2.45) is 0 Å². The van der Waals surface area contributed by atoms with Gasteiger partial charge in [0.15, 0.2) is 0 Å². The van der Waals surface area contributed by atoms with Crippen molar-refractivity contribution in [3.8, 4) is 0 Å². The van der Waals surface area contributed by atoms with Crippen LogP contribution < -0.4 is 10.5 Å². The van der Waals surface area contributed by atoms with Gasteiger partial charge in [0.1, 0.15) is 11.2 Å². The number of nitrogens with two attached hydrogens (primary N) is 1. The molecule has 2 aromatic rings. The average Bonchev–Trinajstić information content (AvgIpc) is 2.80. The molecule has 9 nitrogen and oxygen atoms in total. The molecule has 1 aromatic carbocycles. The number of hydrogen-bond donors (Lipinski definition) is 2. The molecule has 0 aliphatic carbocycles. The van der Waals surface area contributed by atoms with E-state index in [2.05, 4.69) is 14.9 Å². The predicted molar refractivity (Wildman–Crippen MR) is 68.2 cm³/mol. The van der Waals surface area contributed by atoms with Crippen molar-refractivity contribution in [1.29, 1.82) is 0 Å². The molecular formula is C8H7N5O4S2. The largest absolute Gasteiger partial charge is 0.393 e. The topological polar surface area (TPSA) is 141 Å². The first-order valence-electron chi connectivity index (χ1n) is 4.73. The van der Waals surface area contributed by atoms with Crippen molar-refractivity contribution >= 4 is 37.9 Å². The fourth-order valence-corrected chi connectivity index (χ4v) is 2.95. The molecule has 11 heteroatoms. The maximum Gasteiger partial charge on any atom is 0.293 e. The summed E-state index contributed by atoms with van der Waals surface area (Å²) in [5.41, 5.74) is 6.16. The van der Waals surface area contributed by atoms with Crippen molar-refractivity contribution in [1.82, 2.24) is 10.2 Å². The molecule has 2 rings (SSSR count). The monoisotopic (exact) mass is 301 g/mol. The van der Waals surface area contributed by atoms with Crippen LogP contribution in [0.5, 0.6) is 0 Å². The number of rotatable bonds is 4. The summed E-state index contributed by atoms with van der Waals surface area (Å²) in [7, 11) is -3.96. The Balaban J connectivity index is 2.41. The second kappa shape index (κ2) is 4.78. The Morgan fingerprint density at radius 1 is 1.42 bits per heavy atom. The van der Waals surface area contributed by atoms with Crippen molar-refractivity contribution in [2.45, 2.75) is 4.90 Å². The van der Waals surface area contributed by atoms with E-state index in [4.69, 9.17) is 5.73 Å². The lowest BCUT2D eigenvalue weighted by atomic mass is 10.3. The highest BCUT2D eigenvalue weighted by Gasteiger charge is 2.21. The van der Waals surface area contributed by atoms with Crippen LogP contribution in [-0.4, -0.2) is 23.5 Å². The van der Waals surface area contributed by atoms with Crippen LogP contribution in [0, 0.1) is 10.1 Å². The van der Waals surface area contributed by atoms with Crippen LogP contribution in [0.2, 0.25) is 0 Å². The van der Waals surface area contributed by atoms with Crippen LogP contribution in [-0.2, 0) is 10.0 Å². The van der Waals surface area contributed by atoms with Gasteiger partial charge < -0.3 is 5.73 Å². The summed E-state index contributed by atoms with van der Waals surface area (Å²) in [5, 5.41) is 17.8. The Morgan fingerprint density at radius 2 is 2.16 bits per heavy atom. The van der Waals surface area contributed by atoms with Crippen LogP contribution in [0.3, 0.4) is 0 Å². The molecule has 0 spiro atoms. The average molecular weight is 301 g/mol. The zero-order valence-corrected chi connectivity index (χ0v) is 10.8. The summed E-state index contributed by atoms with van der Waals surface area (Å²) in [6.45, 7) is 0. The van der Waals surface area contributed by atoms with E-state index in [1.807, 2.05) is 0 Å². The molecule has 0 bridgehead atoms. The highest BCUT2D eigenvalue weighted by molar-refractivity contribution is 7.93. The molecule has 0 aliphatic rings. The number of nitro groups is 1. The summed E-state index contributed by atoms with van der Waals surface area (Å²) in [4.78, 5) is 9.68. The summed E-state index contributed by atoms with van der Waals surface area (Å²) in [6, 6.07) is 3.22. The second-order valence-electron chi connectivity index (χ2n) is 3.33. The van der Waals surface area contributed by atoms with Gasteiger partial charge in [-0.1, -0.05) is 11.3 Å². The number of anilines is 2. The van der Waals surface area contributed by atoms with Crippen molar-refractivity contribution in [3.63, 3.8) is 0 Å². The van der Waals surface area contributed by atoms with Crippen LogP contribution >= 0.6 is 11.3 Å². The maximum atomic E-state index is 12.0. The lowest BCUT2D eigenvalue weighted by Gasteiger charge is -2.05. The third kappa shape index (κ3) is 2.77. The number of nitrogens with one attached hydrogen (secondary N) is 1. The maximum absolute atomic E-state index is 12.0. The molecular weight excluding hydrogens is 294 g/mol. The molecule has 100 valence electrons. The van der Waals surface area contributed by atoms with E-state index >= 15 is 0 Å². The summed E-state index contributed by atoms with van der Waals surface area (Å²) in [6.07, 6.45) is 0. The fourth-order valence-electron chi connectivity index (χ4n) is 1.24. The van der Waals surface area contributed by atoms with Crippen molar-refractivity contribution in [2.75, 3.05) is 10.5 Å². The summed E-state index contributed by atoms with van der Waals surface area (Å²) < 4.78 is 26.1. The van der Waals surface area contributed by atoms with Gasteiger partial charge in [-0.2, -0.15) is 0 Å². The third-order valence-electron chi connectivity index (χ3n) is 2.09. The van der Waals surface area contributed by atoms with Gasteiger partial charge in [0, 0.05) is 6.07 Å². The Bertz CT molecular complexity index is 713. The van der Waals surface area contributed by atoms with E-state index in [1.165, 1.54) is 11.6 Å². The van der Waals surface area contributed by atoms with Crippen LogP contribution in [0.15, 0.2) is 28.6 Å². The van der Waals surface area contributed by atoms with Gasteiger partial charge in [-0.05, 0) is 12.1 Å². The van der Waals surface area contributed by atoms with E-state index in [9.17, 15) is 18.5 Å². The number of nitrogens with zero attached hydrogens (tertiary/aromatic N) is 3. The first-order chi connectivity index (χ1) is 8.90. The van der Waals surface area contributed by atoms with Gasteiger partial charge in [-0.3, -0.25) is 14.8 Å². The molecule has 0 saturated carbocycles. The van der Waals surface area contributed by atoms with Gasteiger partial charge >= 0.3 is 0 Å². The molecule has 0 aliphatic heterocycles. The molecule has 0 amide bonds. The predicted octanol–water partition coefficient (Wildman–Crippen LogP) is 0.829. The Morgan fingerprint density at radius 3 is 2.74 bits per heavy atom. The molecule has 3 N–H and O–H groups in total. The number of nitro benzene ring substituents is 1. The van der Waals surface area contributed by atoms with Crippen molar-refractivity contribution in [3.05, 3.63) is 33.8 Å². The first-order valence-corrected chi connectivity index (χ1v) is 7.09. The summed E-state index contributed by atoms with van der Waals surface area (Å²) >= 11 is 0.987. The van der Waals surface area contributed by atoms with Gasteiger partial charge in [0.05, 0.1) is 9.82 Å². The van der Waals surface area contributed by atoms with E-state index in [0.717, 1.165) is 23.5 Å². The zero-order valence-electron chi connectivity index (χ0n) is 9.18. The third-order valence-corrected chi connectivity index (χ3v) is 4.16. The highest BCUT2D eigenvalue weighted by Crippen LogP contribution is 2.26. The standard InChI is InChI=1S/C8H7N5O4S2/c9-6-2-1-5(3-7(6)13(14)15)19(16,17)12-8-11-10-4-18-8/h1-4H,9H2,(H,11,12). The van der Waals surface area contributed by atoms with Gasteiger partial charge in [0.2, 0.25) is 5.13 Å². The van der Waals surface area contributed by atoms with Crippen molar-refractivity contribution < 1.29 is 13.3 Å². The van der Waals surface area contributed by atoms with Crippen LogP contribution in [0.25, 0.3) is 0 Å². The molecule has 19 heavy (non-hydrogen) atoms.